The van der Waals surface area contributed by atoms with Crippen molar-refractivity contribution < 1.29 is 36.0 Å². The maximum Gasteiger partial charge on any atom is 0.416 e. The van der Waals surface area contributed by atoms with E-state index in [1.54, 1.807) is 41.3 Å². The van der Waals surface area contributed by atoms with Gasteiger partial charge < -0.3 is 4.90 Å². The summed E-state index contributed by atoms with van der Waals surface area (Å²) < 4.78 is 63.3. The number of piperidine rings is 1. The van der Waals surface area contributed by atoms with Gasteiger partial charge in [-0.15, -0.1) is 0 Å². The largest absolute Gasteiger partial charge is 0.416 e. The van der Waals surface area contributed by atoms with Gasteiger partial charge in [-0.3, -0.25) is 4.79 Å². The molecule has 200 valence electrons. The van der Waals surface area contributed by atoms with E-state index in [2.05, 4.69) is 0 Å². The van der Waals surface area contributed by atoms with Crippen LogP contribution in [0.15, 0.2) is 77.7 Å². The number of likely N-dealkylation sites (tertiary alicyclic amines) is 1. The quantitative estimate of drug-likeness (QED) is 0.443. The molecule has 6 nitrogen and oxygen atoms in total. The van der Waals surface area contributed by atoms with Crippen LogP contribution >= 0.6 is 0 Å². The zero-order chi connectivity index (χ0) is 27.9. The van der Waals surface area contributed by atoms with E-state index >= 15 is 0 Å². The maximum absolute atomic E-state index is 13.4. The predicted octanol–water partition coefficient (Wildman–Crippen LogP) is 5.14. The maximum atomic E-state index is 13.4. The van der Waals surface area contributed by atoms with Crippen LogP contribution in [0.3, 0.4) is 0 Å². The number of carbonyl (C=O) groups is 1. The van der Waals surface area contributed by atoms with Crippen LogP contribution in [0.1, 0.15) is 35.4 Å². The number of nitrogens with zero attached hydrogens (tertiary/aromatic N) is 1. The molecule has 1 saturated heterocycles. The van der Waals surface area contributed by atoms with Crippen molar-refractivity contribution in [2.45, 2.75) is 36.3 Å². The van der Waals surface area contributed by atoms with Gasteiger partial charge in [-0.25, -0.2) is 8.42 Å². The number of halogens is 3. The van der Waals surface area contributed by atoms with Crippen molar-refractivity contribution in [3.8, 4) is 11.1 Å². The first kappa shape index (κ1) is 28.8. The van der Waals surface area contributed by atoms with Gasteiger partial charge in [0.2, 0.25) is 5.91 Å². The van der Waals surface area contributed by atoms with E-state index in [1.807, 2.05) is 24.3 Å². The third kappa shape index (κ3) is 7.40. The lowest BCUT2D eigenvalue weighted by atomic mass is 9.86. The smallest absolute Gasteiger partial charge is 0.342 e. The van der Waals surface area contributed by atoms with E-state index < -0.39 is 21.6 Å². The molecule has 38 heavy (non-hydrogen) atoms. The molecule has 0 bridgehead atoms. The minimum atomic E-state index is -4.38. The number of carbonyl (C=O) groups excluding carboxylic acids is 3. The van der Waals surface area contributed by atoms with Crippen LogP contribution in [0.4, 0.5) is 13.2 Å². The first-order valence-corrected chi connectivity index (χ1v) is 13.7. The molecule has 10 heteroatoms. The van der Waals surface area contributed by atoms with E-state index in [1.165, 1.54) is 6.07 Å². The van der Waals surface area contributed by atoms with Crippen LogP contribution in [0.2, 0.25) is 0 Å². The number of rotatable bonds is 5. The van der Waals surface area contributed by atoms with Gasteiger partial charge in [-0.05, 0) is 59.2 Å². The van der Waals surface area contributed by atoms with Crippen LogP contribution in [-0.4, -0.2) is 44.7 Å². The highest BCUT2D eigenvalue weighted by atomic mass is 32.2. The SMILES string of the molecule is CS(=O)(=O)c1ccc(-c2ccc(CC(=O)N3CCC(c4ccccc4C(F)(F)F)CC3)cc2)cc1.O=C=O. The Balaban J connectivity index is 0.00000127. The van der Waals surface area contributed by atoms with Crippen molar-refractivity contribution >= 4 is 21.9 Å². The molecule has 1 heterocycles. The fraction of sp³-hybridized carbons (Fsp3) is 0.286. The summed E-state index contributed by atoms with van der Waals surface area (Å²) in [5.41, 5.74) is 2.35. The minimum absolute atomic E-state index is 0.0437. The van der Waals surface area contributed by atoms with Crippen molar-refractivity contribution in [3.05, 3.63) is 89.5 Å². The zero-order valence-electron chi connectivity index (χ0n) is 20.6. The normalized spacial score (nSPS) is 14.3. The fourth-order valence-corrected chi connectivity index (χ4v) is 5.18. The number of amides is 1. The topological polar surface area (TPSA) is 88.6 Å². The van der Waals surface area contributed by atoms with Gasteiger partial charge in [0.05, 0.1) is 16.9 Å². The van der Waals surface area contributed by atoms with Gasteiger partial charge in [-0.2, -0.15) is 22.8 Å². The van der Waals surface area contributed by atoms with Gasteiger partial charge in [-0.1, -0.05) is 54.6 Å². The first-order chi connectivity index (χ1) is 17.9. The summed E-state index contributed by atoms with van der Waals surface area (Å²) in [6.45, 7) is 0.862. The van der Waals surface area contributed by atoms with Gasteiger partial charge in [0.25, 0.3) is 0 Å². The molecule has 0 spiro atoms. The molecule has 0 N–H and O–H groups in total. The molecular weight excluding hydrogens is 519 g/mol. The average Bonchev–Trinajstić information content (AvgIpc) is 2.89. The minimum Gasteiger partial charge on any atom is -0.342 e. The molecular formula is C28H26F3NO5S. The first-order valence-electron chi connectivity index (χ1n) is 11.8. The van der Waals surface area contributed by atoms with E-state index in [4.69, 9.17) is 9.59 Å². The van der Waals surface area contributed by atoms with Crippen molar-refractivity contribution in [3.63, 3.8) is 0 Å². The number of benzene rings is 3. The zero-order valence-corrected chi connectivity index (χ0v) is 21.4. The van der Waals surface area contributed by atoms with Crippen LogP contribution in [0.5, 0.6) is 0 Å². The molecule has 0 aliphatic carbocycles. The van der Waals surface area contributed by atoms with Crippen LogP contribution in [0, 0.1) is 0 Å². The van der Waals surface area contributed by atoms with Crippen LogP contribution < -0.4 is 0 Å². The summed E-state index contributed by atoms with van der Waals surface area (Å²) in [4.78, 5) is 31.0. The molecule has 1 aliphatic rings. The Morgan fingerprint density at radius 2 is 1.39 bits per heavy atom. The Bertz CT molecular complexity index is 1390. The Morgan fingerprint density at radius 1 is 0.895 bits per heavy atom. The molecule has 0 saturated carbocycles. The molecule has 1 amide bonds. The van der Waals surface area contributed by atoms with Gasteiger partial charge in [0.1, 0.15) is 0 Å². The molecule has 3 aromatic rings. The molecule has 4 rings (SSSR count). The third-order valence-electron chi connectivity index (χ3n) is 6.48. The van der Waals surface area contributed by atoms with E-state index in [9.17, 15) is 26.4 Å². The Hall–Kier alpha value is -3.75. The van der Waals surface area contributed by atoms with E-state index in [0.29, 0.717) is 31.5 Å². The summed E-state index contributed by atoms with van der Waals surface area (Å²) >= 11 is 0. The second-order valence-electron chi connectivity index (χ2n) is 8.99. The van der Waals surface area contributed by atoms with Crippen LogP contribution in [0.25, 0.3) is 11.1 Å². The number of hydrogen-bond acceptors (Lipinski definition) is 5. The van der Waals surface area contributed by atoms with E-state index in [-0.39, 0.29) is 29.3 Å². The lowest BCUT2D eigenvalue weighted by Gasteiger charge is -2.33. The second-order valence-corrected chi connectivity index (χ2v) is 11.0. The molecule has 0 atom stereocenters. The summed E-state index contributed by atoms with van der Waals surface area (Å²) in [6.07, 6.45) is -1.75. The lowest BCUT2D eigenvalue weighted by molar-refractivity contribution is -0.191. The summed E-state index contributed by atoms with van der Waals surface area (Å²) in [6, 6.07) is 19.8. The Morgan fingerprint density at radius 3 is 1.89 bits per heavy atom. The highest BCUT2D eigenvalue weighted by Gasteiger charge is 2.36. The number of alkyl halides is 3. The summed E-state index contributed by atoms with van der Waals surface area (Å²) in [5.74, 6) is -0.261. The highest BCUT2D eigenvalue weighted by Crippen LogP contribution is 2.38. The summed E-state index contributed by atoms with van der Waals surface area (Å²) in [5, 5.41) is 0. The molecule has 3 aromatic carbocycles. The number of sulfone groups is 1. The number of hydrogen-bond donors (Lipinski definition) is 0. The lowest BCUT2D eigenvalue weighted by Crippen LogP contribution is -2.39. The Kier molecular flexibility index (Phi) is 9.25. The van der Waals surface area contributed by atoms with E-state index in [0.717, 1.165) is 29.0 Å². The molecule has 0 radical (unpaired) electrons. The second kappa shape index (κ2) is 12.2. The Labute approximate surface area is 219 Å². The predicted molar refractivity (Wildman–Crippen MR) is 134 cm³/mol. The van der Waals surface area contributed by atoms with Crippen molar-refractivity contribution in [2.24, 2.45) is 0 Å². The van der Waals surface area contributed by atoms with Gasteiger partial charge in [0.15, 0.2) is 9.84 Å². The monoisotopic (exact) mass is 545 g/mol. The average molecular weight is 546 g/mol. The van der Waals surface area contributed by atoms with Gasteiger partial charge in [0, 0.05) is 19.3 Å². The van der Waals surface area contributed by atoms with Crippen molar-refractivity contribution in [1.82, 2.24) is 4.90 Å². The third-order valence-corrected chi connectivity index (χ3v) is 7.61. The van der Waals surface area contributed by atoms with Crippen molar-refractivity contribution in [2.75, 3.05) is 19.3 Å². The molecule has 0 aromatic heterocycles. The van der Waals surface area contributed by atoms with Crippen molar-refractivity contribution in [1.29, 1.82) is 0 Å². The van der Waals surface area contributed by atoms with Crippen LogP contribution in [-0.2, 0) is 36.8 Å². The summed E-state index contributed by atoms with van der Waals surface area (Å²) in [7, 11) is -3.25. The standard InChI is InChI=1S/C27H26F3NO3S.CO2/c1-35(33,34)23-12-10-21(11-13-23)20-8-6-19(7-9-20)18-26(32)31-16-14-22(15-17-31)24-4-2-3-5-25(24)27(28,29)30;2-1-3/h2-13,22H,14-18H2,1H3;. The molecule has 1 aliphatic heterocycles. The fourth-order valence-electron chi connectivity index (χ4n) is 4.55. The molecule has 0 unspecified atom stereocenters. The van der Waals surface area contributed by atoms with Gasteiger partial charge >= 0.3 is 12.3 Å². The highest BCUT2D eigenvalue weighted by molar-refractivity contribution is 7.90. The molecule has 1 fully saturated rings.